The van der Waals surface area contributed by atoms with E-state index in [0.29, 0.717) is 38.4 Å². The average Bonchev–Trinajstić information content (AvgIpc) is 3.19. The third kappa shape index (κ3) is 6.37. The first-order chi connectivity index (χ1) is 13.5. The van der Waals surface area contributed by atoms with Gasteiger partial charge in [0.15, 0.2) is 5.96 Å². The Kier molecular flexibility index (Phi) is 8.83. The fraction of sp³-hybridized carbons (Fsp3) is 0.500. The molecule has 0 amide bonds. The molecule has 160 valence electrons. The lowest BCUT2D eigenvalue weighted by Gasteiger charge is -2.35. The fourth-order valence-electron chi connectivity index (χ4n) is 3.03. The third-order valence-corrected chi connectivity index (χ3v) is 6.40. The number of nitrogens with zero attached hydrogens (tertiary/aromatic N) is 5. The first-order valence-electron chi connectivity index (χ1n) is 9.30. The summed E-state index contributed by atoms with van der Waals surface area (Å²) in [6, 6.07) is 5.50. The molecule has 1 fully saturated rings. The van der Waals surface area contributed by atoms with Gasteiger partial charge in [0, 0.05) is 45.0 Å². The van der Waals surface area contributed by atoms with Crippen molar-refractivity contribution in [2.75, 3.05) is 32.7 Å². The minimum absolute atomic E-state index is 0. The van der Waals surface area contributed by atoms with Gasteiger partial charge in [-0.15, -0.1) is 24.0 Å². The van der Waals surface area contributed by atoms with Gasteiger partial charge in [0.05, 0.1) is 17.9 Å². The molecule has 3 rings (SSSR count). The number of aryl methyl sites for hydroxylation is 1. The minimum atomic E-state index is -3.41. The second kappa shape index (κ2) is 10.9. The van der Waals surface area contributed by atoms with Crippen LogP contribution in [0, 0.1) is 6.92 Å². The number of sulfonamides is 1. The van der Waals surface area contributed by atoms with E-state index in [0.717, 1.165) is 23.8 Å². The molecule has 0 spiro atoms. The van der Waals surface area contributed by atoms with Crippen LogP contribution in [-0.4, -0.2) is 66.4 Å². The molecule has 29 heavy (non-hydrogen) atoms. The quantitative estimate of drug-likeness (QED) is 0.341. The van der Waals surface area contributed by atoms with Gasteiger partial charge in [0.2, 0.25) is 10.0 Å². The summed E-state index contributed by atoms with van der Waals surface area (Å²) < 4.78 is 31.4. The Bertz CT molecular complexity index is 896. The molecule has 0 unspecified atom stereocenters. The second-order valence-electron chi connectivity index (χ2n) is 6.57. The van der Waals surface area contributed by atoms with Crippen molar-refractivity contribution in [2.24, 2.45) is 4.99 Å². The highest BCUT2D eigenvalue weighted by Gasteiger charge is 2.29. The van der Waals surface area contributed by atoms with Crippen molar-refractivity contribution in [3.63, 3.8) is 0 Å². The van der Waals surface area contributed by atoms with Crippen LogP contribution >= 0.6 is 24.0 Å². The molecule has 2 aromatic rings. The summed E-state index contributed by atoms with van der Waals surface area (Å²) in [5.74, 6) is 0.637. The number of hydrogen-bond acceptors (Lipinski definition) is 6. The minimum Gasteiger partial charge on any atom is -0.364 e. The summed E-state index contributed by atoms with van der Waals surface area (Å²) >= 11 is 0. The number of piperazine rings is 1. The van der Waals surface area contributed by atoms with Crippen LogP contribution in [0.2, 0.25) is 0 Å². The molecule has 1 saturated heterocycles. The van der Waals surface area contributed by atoms with E-state index in [2.05, 4.69) is 20.4 Å². The maximum absolute atomic E-state index is 12.6. The van der Waals surface area contributed by atoms with E-state index in [1.54, 1.807) is 12.3 Å². The molecule has 0 saturated carbocycles. The lowest BCUT2D eigenvalue weighted by Crippen LogP contribution is -2.53. The van der Waals surface area contributed by atoms with Gasteiger partial charge in [0.25, 0.3) is 0 Å². The molecule has 3 heterocycles. The summed E-state index contributed by atoms with van der Waals surface area (Å²) in [5.41, 5.74) is 2.46. The zero-order valence-electron chi connectivity index (χ0n) is 16.6. The van der Waals surface area contributed by atoms with Crippen LogP contribution in [0.4, 0.5) is 0 Å². The van der Waals surface area contributed by atoms with Crippen LogP contribution in [0.5, 0.6) is 0 Å². The number of guanidine groups is 1. The van der Waals surface area contributed by atoms with Gasteiger partial charge in [-0.05, 0) is 25.5 Å². The van der Waals surface area contributed by atoms with Gasteiger partial charge < -0.3 is 14.7 Å². The molecule has 0 aliphatic carbocycles. The van der Waals surface area contributed by atoms with Gasteiger partial charge in [-0.2, -0.15) is 4.31 Å². The van der Waals surface area contributed by atoms with E-state index < -0.39 is 10.0 Å². The van der Waals surface area contributed by atoms with Crippen molar-refractivity contribution in [3.8, 4) is 0 Å². The topological polar surface area (TPSA) is 104 Å². The molecule has 0 aromatic carbocycles. The number of aromatic nitrogens is 2. The average molecular weight is 534 g/mol. The highest BCUT2D eigenvalue weighted by molar-refractivity contribution is 14.0. The van der Waals surface area contributed by atoms with Crippen molar-refractivity contribution in [1.82, 2.24) is 24.7 Å². The number of pyridine rings is 1. The van der Waals surface area contributed by atoms with Crippen molar-refractivity contribution < 1.29 is 12.9 Å². The van der Waals surface area contributed by atoms with E-state index in [1.165, 1.54) is 10.6 Å². The SMILES string of the molecule is CCNC(=NCc1ncccc1C)N1CCN(S(=O)(=O)Cc2ccon2)CC1.I. The van der Waals surface area contributed by atoms with Crippen molar-refractivity contribution in [1.29, 1.82) is 0 Å². The molecule has 1 aliphatic heterocycles. The Labute approximate surface area is 188 Å². The third-order valence-electron chi connectivity index (χ3n) is 4.58. The maximum atomic E-state index is 12.6. The lowest BCUT2D eigenvalue weighted by molar-refractivity contribution is 0.259. The van der Waals surface area contributed by atoms with Crippen LogP contribution in [0.15, 0.2) is 40.2 Å². The standard InChI is InChI=1S/C18H26N6O3S.HI/c1-3-19-18(21-13-17-15(2)5-4-7-20-17)23-8-10-24(11-9-23)28(25,26)14-16-6-12-27-22-16;/h4-7,12H,3,8-11,13-14H2,1-2H3,(H,19,21);1H. The number of halogens is 1. The first-order valence-corrected chi connectivity index (χ1v) is 10.9. The number of nitrogens with one attached hydrogen (secondary N) is 1. The summed E-state index contributed by atoms with van der Waals surface area (Å²) in [7, 11) is -3.41. The lowest BCUT2D eigenvalue weighted by atomic mass is 10.2. The molecule has 0 atom stereocenters. The molecule has 1 aliphatic rings. The molecular formula is C18H27IN6O3S. The van der Waals surface area contributed by atoms with Crippen molar-refractivity contribution >= 4 is 40.0 Å². The van der Waals surface area contributed by atoms with Gasteiger partial charge in [-0.25, -0.2) is 13.4 Å². The monoisotopic (exact) mass is 534 g/mol. The van der Waals surface area contributed by atoms with E-state index in [9.17, 15) is 8.42 Å². The second-order valence-corrected chi connectivity index (χ2v) is 8.54. The Hall–Kier alpha value is -1.73. The highest BCUT2D eigenvalue weighted by atomic mass is 127. The number of hydrogen-bond donors (Lipinski definition) is 1. The summed E-state index contributed by atoms with van der Waals surface area (Å²) in [5, 5.41) is 6.99. The number of rotatable bonds is 6. The van der Waals surface area contributed by atoms with Crippen LogP contribution in [-0.2, 0) is 22.3 Å². The molecule has 2 aromatic heterocycles. The molecule has 1 N–H and O–H groups in total. The zero-order chi connectivity index (χ0) is 20.0. The normalized spacial score (nSPS) is 15.8. The van der Waals surface area contributed by atoms with Crippen molar-refractivity contribution in [3.05, 3.63) is 47.6 Å². The van der Waals surface area contributed by atoms with Gasteiger partial charge in [-0.1, -0.05) is 11.2 Å². The van der Waals surface area contributed by atoms with Crippen LogP contribution in [0.25, 0.3) is 0 Å². The molecule has 0 radical (unpaired) electrons. The van der Waals surface area contributed by atoms with Gasteiger partial charge >= 0.3 is 0 Å². The van der Waals surface area contributed by atoms with Gasteiger partial charge in [0.1, 0.15) is 12.0 Å². The van der Waals surface area contributed by atoms with Gasteiger partial charge in [-0.3, -0.25) is 4.98 Å². The van der Waals surface area contributed by atoms with Crippen LogP contribution in [0.1, 0.15) is 23.9 Å². The molecule has 0 bridgehead atoms. The fourth-order valence-corrected chi connectivity index (χ4v) is 4.45. The summed E-state index contributed by atoms with van der Waals surface area (Å²) in [6.45, 7) is 7.23. The van der Waals surface area contributed by atoms with E-state index in [1.807, 2.05) is 26.0 Å². The van der Waals surface area contributed by atoms with E-state index in [-0.39, 0.29) is 29.7 Å². The summed E-state index contributed by atoms with van der Waals surface area (Å²) in [4.78, 5) is 11.2. The Morgan fingerprint density at radius 1 is 1.28 bits per heavy atom. The largest absolute Gasteiger partial charge is 0.364 e. The van der Waals surface area contributed by atoms with Crippen LogP contribution in [0.3, 0.4) is 0 Å². The zero-order valence-corrected chi connectivity index (χ0v) is 19.8. The van der Waals surface area contributed by atoms with E-state index >= 15 is 0 Å². The first kappa shape index (κ1) is 23.5. The Morgan fingerprint density at radius 3 is 2.66 bits per heavy atom. The predicted molar refractivity (Wildman–Crippen MR) is 121 cm³/mol. The van der Waals surface area contributed by atoms with Crippen LogP contribution < -0.4 is 5.32 Å². The maximum Gasteiger partial charge on any atom is 0.220 e. The molecule has 11 heteroatoms. The highest BCUT2D eigenvalue weighted by Crippen LogP contribution is 2.13. The molecular weight excluding hydrogens is 507 g/mol. The summed E-state index contributed by atoms with van der Waals surface area (Å²) in [6.07, 6.45) is 3.15. The molecule has 9 nitrogen and oxygen atoms in total. The Balaban J connectivity index is 0.00000300. The predicted octanol–water partition coefficient (Wildman–Crippen LogP) is 1.61. The number of aliphatic imine (C=N–C) groups is 1. The van der Waals surface area contributed by atoms with Crippen molar-refractivity contribution in [2.45, 2.75) is 26.1 Å². The van der Waals surface area contributed by atoms with E-state index in [4.69, 9.17) is 9.52 Å². The Morgan fingerprint density at radius 2 is 2.03 bits per heavy atom. The smallest absolute Gasteiger partial charge is 0.220 e.